The lowest BCUT2D eigenvalue weighted by Crippen LogP contribution is -2.52. The van der Waals surface area contributed by atoms with E-state index in [9.17, 15) is 4.79 Å². The average molecular weight is 399 g/mol. The van der Waals surface area contributed by atoms with E-state index in [4.69, 9.17) is 0 Å². The Bertz CT molecular complexity index is 659. The van der Waals surface area contributed by atoms with Crippen LogP contribution in [0.2, 0.25) is 0 Å². The fourth-order valence-corrected chi connectivity index (χ4v) is 8.86. The van der Waals surface area contributed by atoms with Gasteiger partial charge in [-0.05, 0) is 84.4 Å². The molecule has 3 saturated carbocycles. The number of ketones is 1. The third-order valence-corrected chi connectivity index (χ3v) is 10.5. The first kappa shape index (κ1) is 21.6. The summed E-state index contributed by atoms with van der Waals surface area (Å²) in [5.41, 5.74) is 2.38. The quantitative estimate of drug-likeness (QED) is 0.431. The lowest BCUT2D eigenvalue weighted by atomic mass is 9.45. The zero-order valence-corrected chi connectivity index (χ0v) is 20.1. The van der Waals surface area contributed by atoms with E-state index in [1.165, 1.54) is 50.5 Å². The fourth-order valence-electron chi connectivity index (χ4n) is 8.86. The Morgan fingerprint density at radius 3 is 2.52 bits per heavy atom. The highest BCUT2D eigenvalue weighted by Crippen LogP contribution is 2.68. The van der Waals surface area contributed by atoms with E-state index in [1.807, 2.05) is 0 Å². The van der Waals surface area contributed by atoms with Crippen LogP contribution in [-0.2, 0) is 4.79 Å². The molecule has 4 aliphatic rings. The van der Waals surface area contributed by atoms with Crippen molar-refractivity contribution in [2.24, 2.45) is 52.3 Å². The van der Waals surface area contributed by atoms with Gasteiger partial charge < -0.3 is 0 Å². The standard InChI is InChI=1S/C28H46O/c1-18(2)8-7-9-19(3)23-10-11-24-26-20(4)16-21-17-22(29)12-14-27(21,5)25(26)13-15-28(23,24)6/h16,18-20,23-26H,7-15,17H2,1-6H3/t19?,20-,23?,24?,25?,26?,27-,28+/m0/s1. The highest BCUT2D eigenvalue weighted by Gasteiger charge is 2.60. The zero-order valence-electron chi connectivity index (χ0n) is 20.1. The molecule has 3 fully saturated rings. The van der Waals surface area contributed by atoms with Crippen molar-refractivity contribution in [1.29, 1.82) is 0 Å². The van der Waals surface area contributed by atoms with Crippen molar-refractivity contribution in [2.75, 3.05) is 0 Å². The number of rotatable bonds is 5. The Morgan fingerprint density at radius 1 is 1.03 bits per heavy atom. The highest BCUT2D eigenvalue weighted by atomic mass is 16.1. The van der Waals surface area contributed by atoms with Crippen LogP contribution in [0.25, 0.3) is 0 Å². The maximum absolute atomic E-state index is 12.2. The SMILES string of the molecule is CC(C)CCCC(C)C1CCC2C3C(CC[C@]12C)[C@@]1(C)CCC(=O)CC1=C[C@@H]3C. The van der Waals surface area contributed by atoms with E-state index in [0.29, 0.717) is 22.5 Å². The first-order valence-electron chi connectivity index (χ1n) is 12.9. The Hall–Kier alpha value is -0.590. The molecule has 0 aromatic rings. The van der Waals surface area contributed by atoms with Gasteiger partial charge in [0.15, 0.2) is 0 Å². The van der Waals surface area contributed by atoms with Crippen molar-refractivity contribution in [2.45, 2.75) is 106 Å². The number of allylic oxidation sites excluding steroid dienone is 2. The van der Waals surface area contributed by atoms with E-state index >= 15 is 0 Å². The summed E-state index contributed by atoms with van der Waals surface area (Å²) >= 11 is 0. The summed E-state index contributed by atoms with van der Waals surface area (Å²) in [7, 11) is 0. The third kappa shape index (κ3) is 3.57. The van der Waals surface area contributed by atoms with E-state index in [0.717, 1.165) is 54.8 Å². The number of carbonyl (C=O) groups is 1. The van der Waals surface area contributed by atoms with Crippen molar-refractivity contribution < 1.29 is 4.79 Å². The normalized spacial score (nSPS) is 45.4. The Kier molecular flexibility index (Phi) is 5.84. The molecule has 0 aromatic carbocycles. The smallest absolute Gasteiger partial charge is 0.136 e. The minimum absolute atomic E-state index is 0.313. The molecule has 0 N–H and O–H groups in total. The molecule has 0 bridgehead atoms. The topological polar surface area (TPSA) is 17.1 Å². The van der Waals surface area contributed by atoms with Crippen molar-refractivity contribution in [3.63, 3.8) is 0 Å². The van der Waals surface area contributed by atoms with Gasteiger partial charge in [-0.3, -0.25) is 4.79 Å². The van der Waals surface area contributed by atoms with Crippen LogP contribution in [0, 0.1) is 52.3 Å². The monoisotopic (exact) mass is 398 g/mol. The van der Waals surface area contributed by atoms with Crippen LogP contribution in [0.5, 0.6) is 0 Å². The Labute approximate surface area is 180 Å². The predicted molar refractivity (Wildman–Crippen MR) is 123 cm³/mol. The number of hydrogen-bond acceptors (Lipinski definition) is 1. The minimum Gasteiger partial charge on any atom is -0.299 e. The molecule has 0 saturated heterocycles. The second-order valence-corrected chi connectivity index (χ2v) is 12.5. The van der Waals surface area contributed by atoms with Gasteiger partial charge in [0, 0.05) is 12.8 Å². The number of carbonyl (C=O) groups excluding carboxylic acids is 1. The van der Waals surface area contributed by atoms with Crippen LogP contribution >= 0.6 is 0 Å². The molecular formula is C28H46O. The van der Waals surface area contributed by atoms with Crippen LogP contribution in [0.15, 0.2) is 11.6 Å². The molecule has 8 atom stereocenters. The van der Waals surface area contributed by atoms with Crippen LogP contribution in [0.3, 0.4) is 0 Å². The average Bonchev–Trinajstić information content (AvgIpc) is 3.00. The van der Waals surface area contributed by atoms with Gasteiger partial charge in [0.2, 0.25) is 0 Å². The molecular weight excluding hydrogens is 352 g/mol. The largest absolute Gasteiger partial charge is 0.299 e. The molecule has 0 radical (unpaired) electrons. The molecule has 0 spiro atoms. The molecule has 1 nitrogen and oxygen atoms in total. The van der Waals surface area contributed by atoms with Crippen LogP contribution in [0.4, 0.5) is 0 Å². The maximum atomic E-state index is 12.2. The molecule has 4 aliphatic carbocycles. The number of Topliss-reactive ketones (excluding diaryl/α,β-unsaturated/α-hetero) is 1. The molecule has 0 amide bonds. The third-order valence-electron chi connectivity index (χ3n) is 10.5. The van der Waals surface area contributed by atoms with Crippen molar-refractivity contribution in [1.82, 2.24) is 0 Å². The summed E-state index contributed by atoms with van der Waals surface area (Å²) < 4.78 is 0. The van der Waals surface area contributed by atoms with Gasteiger partial charge in [-0.1, -0.05) is 72.5 Å². The second-order valence-electron chi connectivity index (χ2n) is 12.5. The summed E-state index contributed by atoms with van der Waals surface area (Å²) in [6, 6.07) is 0. The van der Waals surface area contributed by atoms with Gasteiger partial charge in [-0.15, -0.1) is 0 Å². The number of fused-ring (bicyclic) bond motifs is 5. The maximum Gasteiger partial charge on any atom is 0.136 e. The zero-order chi connectivity index (χ0) is 21.0. The summed E-state index contributed by atoms with van der Waals surface area (Å²) in [6.45, 7) is 15.0. The van der Waals surface area contributed by atoms with E-state index in [1.54, 1.807) is 0 Å². The van der Waals surface area contributed by atoms with E-state index in [2.05, 4.69) is 47.6 Å². The molecule has 4 rings (SSSR count). The molecule has 0 heterocycles. The fraction of sp³-hybridized carbons (Fsp3) is 0.893. The lowest BCUT2D eigenvalue weighted by Gasteiger charge is -2.59. The summed E-state index contributed by atoms with van der Waals surface area (Å²) in [5.74, 6) is 6.37. The second kappa shape index (κ2) is 7.83. The van der Waals surface area contributed by atoms with Crippen LogP contribution in [-0.4, -0.2) is 5.78 Å². The number of hydrogen-bond donors (Lipinski definition) is 0. The summed E-state index contributed by atoms with van der Waals surface area (Å²) in [5, 5.41) is 0. The van der Waals surface area contributed by atoms with Gasteiger partial charge in [-0.25, -0.2) is 0 Å². The first-order valence-corrected chi connectivity index (χ1v) is 12.9. The Morgan fingerprint density at radius 2 is 1.79 bits per heavy atom. The van der Waals surface area contributed by atoms with Gasteiger partial charge in [0.1, 0.15) is 5.78 Å². The molecule has 164 valence electrons. The van der Waals surface area contributed by atoms with E-state index in [-0.39, 0.29) is 0 Å². The molecule has 0 aromatic heterocycles. The van der Waals surface area contributed by atoms with Crippen molar-refractivity contribution >= 4 is 5.78 Å². The van der Waals surface area contributed by atoms with Crippen LogP contribution in [0.1, 0.15) is 106 Å². The van der Waals surface area contributed by atoms with E-state index < -0.39 is 0 Å². The predicted octanol–water partition coefficient (Wildman–Crippen LogP) is 7.84. The highest BCUT2D eigenvalue weighted by molar-refractivity contribution is 5.82. The minimum atomic E-state index is 0.313. The van der Waals surface area contributed by atoms with Crippen LogP contribution < -0.4 is 0 Å². The molecule has 1 heteroatoms. The summed E-state index contributed by atoms with van der Waals surface area (Å²) in [4.78, 5) is 12.2. The lowest BCUT2D eigenvalue weighted by molar-refractivity contribution is -0.123. The van der Waals surface area contributed by atoms with Gasteiger partial charge in [0.05, 0.1) is 0 Å². The Balaban J connectivity index is 1.54. The van der Waals surface area contributed by atoms with Gasteiger partial charge in [0.25, 0.3) is 0 Å². The first-order chi connectivity index (χ1) is 13.7. The summed E-state index contributed by atoms with van der Waals surface area (Å²) in [6.07, 6.45) is 15.3. The van der Waals surface area contributed by atoms with Gasteiger partial charge in [-0.2, -0.15) is 0 Å². The molecule has 29 heavy (non-hydrogen) atoms. The van der Waals surface area contributed by atoms with Crippen molar-refractivity contribution in [3.8, 4) is 0 Å². The van der Waals surface area contributed by atoms with Crippen molar-refractivity contribution in [3.05, 3.63) is 11.6 Å². The molecule has 5 unspecified atom stereocenters. The molecule has 0 aliphatic heterocycles. The van der Waals surface area contributed by atoms with Gasteiger partial charge >= 0.3 is 0 Å².